The molecule has 0 bridgehead atoms. The molecule has 0 spiro atoms. The normalized spacial score (nSPS) is 17.5. The number of hydrogen-bond donors (Lipinski definition) is 3. The van der Waals surface area contributed by atoms with E-state index < -0.39 is 0 Å². The highest BCUT2D eigenvalue weighted by molar-refractivity contribution is 5.74. The van der Waals surface area contributed by atoms with Gasteiger partial charge in [-0.15, -0.1) is 0 Å². The molecule has 3 rings (SSSR count). The third-order valence-corrected chi connectivity index (χ3v) is 3.93. The maximum atomic E-state index is 12.0. The minimum Gasteiger partial charge on any atom is -0.350 e. The number of piperidine rings is 1. The van der Waals surface area contributed by atoms with E-state index >= 15 is 0 Å². The van der Waals surface area contributed by atoms with E-state index in [0.29, 0.717) is 25.5 Å². The Morgan fingerprint density at radius 3 is 3.12 bits per heavy atom. The summed E-state index contributed by atoms with van der Waals surface area (Å²) in [6.45, 7) is 2.47. The van der Waals surface area contributed by atoms with Crippen LogP contribution in [-0.2, 0) is 6.54 Å². The Morgan fingerprint density at radius 1 is 1.42 bits per heavy atom. The summed E-state index contributed by atoms with van der Waals surface area (Å²) in [6.07, 6.45) is 8.41. The van der Waals surface area contributed by atoms with Crippen molar-refractivity contribution >= 4 is 11.8 Å². The van der Waals surface area contributed by atoms with Crippen LogP contribution < -0.4 is 21.1 Å². The second-order valence-corrected chi connectivity index (χ2v) is 5.70. The Kier molecular flexibility index (Phi) is 5.09. The monoisotopic (exact) mass is 331 g/mol. The number of carbonyl (C=O) groups is 1. The van der Waals surface area contributed by atoms with Crippen LogP contribution in [0, 0.1) is 0 Å². The van der Waals surface area contributed by atoms with Gasteiger partial charge in [0.05, 0.1) is 6.54 Å². The number of nitrogens with zero attached hydrogens (tertiary/aromatic N) is 4. The molecule has 0 aliphatic carbocycles. The minimum absolute atomic E-state index is 0.00939. The van der Waals surface area contributed by atoms with Crippen molar-refractivity contribution in [1.29, 1.82) is 0 Å². The average Bonchev–Trinajstić information content (AvgIpc) is 3.09. The fraction of sp³-hybridized carbons (Fsp3) is 0.467. The summed E-state index contributed by atoms with van der Waals surface area (Å²) in [4.78, 5) is 32.5. The molecule has 1 unspecified atom stereocenters. The lowest BCUT2D eigenvalue weighted by atomic mass is 10.1. The van der Waals surface area contributed by atoms with Gasteiger partial charge in [-0.25, -0.2) is 9.78 Å². The fourth-order valence-electron chi connectivity index (χ4n) is 2.81. The minimum atomic E-state index is -0.207. The summed E-state index contributed by atoms with van der Waals surface area (Å²) in [5, 5.41) is 9.86. The van der Waals surface area contributed by atoms with Crippen LogP contribution in [0.3, 0.4) is 0 Å². The van der Waals surface area contributed by atoms with Gasteiger partial charge in [0.25, 0.3) is 5.56 Å². The zero-order valence-electron chi connectivity index (χ0n) is 13.3. The van der Waals surface area contributed by atoms with Crippen molar-refractivity contribution in [3.63, 3.8) is 0 Å². The van der Waals surface area contributed by atoms with Gasteiger partial charge >= 0.3 is 6.03 Å². The number of nitrogens with one attached hydrogen (secondary N) is 3. The van der Waals surface area contributed by atoms with Crippen molar-refractivity contribution in [3.8, 4) is 0 Å². The second kappa shape index (κ2) is 7.62. The Morgan fingerprint density at radius 2 is 2.33 bits per heavy atom. The predicted octanol–water partition coefficient (Wildman–Crippen LogP) is -0.0654. The van der Waals surface area contributed by atoms with E-state index in [-0.39, 0.29) is 17.6 Å². The summed E-state index contributed by atoms with van der Waals surface area (Å²) in [7, 11) is 0. The number of amides is 2. The van der Waals surface area contributed by atoms with Crippen LogP contribution >= 0.6 is 0 Å². The number of carbonyl (C=O) groups excluding carboxylic acids is 1. The lowest BCUT2D eigenvalue weighted by molar-refractivity contribution is 0.234. The average molecular weight is 331 g/mol. The molecular formula is C15H21N7O2. The topological polar surface area (TPSA) is 108 Å². The molecule has 9 heteroatoms. The van der Waals surface area contributed by atoms with E-state index in [0.717, 1.165) is 19.4 Å². The summed E-state index contributed by atoms with van der Waals surface area (Å²) in [5.41, 5.74) is -0.207. The van der Waals surface area contributed by atoms with Crippen molar-refractivity contribution < 1.29 is 4.79 Å². The first-order chi connectivity index (χ1) is 11.7. The fourth-order valence-corrected chi connectivity index (χ4v) is 2.81. The molecule has 0 saturated carbocycles. The third kappa shape index (κ3) is 4.12. The Bertz CT molecular complexity index is 713. The van der Waals surface area contributed by atoms with Crippen LogP contribution in [0.1, 0.15) is 12.8 Å². The van der Waals surface area contributed by atoms with Crippen LogP contribution in [0.4, 0.5) is 10.6 Å². The number of H-pyrrole nitrogens is 1. The van der Waals surface area contributed by atoms with Gasteiger partial charge in [0, 0.05) is 50.5 Å². The van der Waals surface area contributed by atoms with Gasteiger partial charge in [0.1, 0.15) is 0 Å². The maximum Gasteiger partial charge on any atom is 0.315 e. The van der Waals surface area contributed by atoms with E-state index in [9.17, 15) is 9.59 Å². The number of urea groups is 1. The highest BCUT2D eigenvalue weighted by Gasteiger charge is 2.23. The van der Waals surface area contributed by atoms with Crippen LogP contribution in [0.25, 0.3) is 0 Å². The molecule has 0 aromatic carbocycles. The third-order valence-electron chi connectivity index (χ3n) is 3.93. The standard InChI is InChI=1S/C15H21N7O2/c23-14-13(16-5-6-17-14)21-8-1-3-12(11-21)20-15(24)18-7-10-22-9-2-4-19-22/h2,4-6,9,12H,1,3,7-8,10-11H2,(H,17,23)(H2,18,20,24). The molecule has 2 aromatic rings. The molecule has 3 N–H and O–H groups in total. The van der Waals surface area contributed by atoms with Gasteiger partial charge < -0.3 is 20.5 Å². The van der Waals surface area contributed by atoms with E-state index in [1.807, 2.05) is 17.2 Å². The number of hydrogen-bond acceptors (Lipinski definition) is 5. The van der Waals surface area contributed by atoms with Crippen molar-refractivity contribution in [1.82, 2.24) is 30.4 Å². The molecule has 1 saturated heterocycles. The Labute approximate surface area is 139 Å². The molecule has 24 heavy (non-hydrogen) atoms. The molecule has 0 radical (unpaired) electrons. The quantitative estimate of drug-likeness (QED) is 0.711. The molecule has 1 fully saturated rings. The molecule has 2 amide bonds. The van der Waals surface area contributed by atoms with Crippen LogP contribution in [0.15, 0.2) is 35.6 Å². The number of aromatic nitrogens is 4. The van der Waals surface area contributed by atoms with E-state index in [4.69, 9.17) is 0 Å². The SMILES string of the molecule is O=C(NCCn1cccn1)NC1CCCN(c2ncc[nH]c2=O)C1. The molecule has 1 atom stereocenters. The first kappa shape index (κ1) is 16.0. The summed E-state index contributed by atoms with van der Waals surface area (Å²) in [5.74, 6) is 0.406. The van der Waals surface area contributed by atoms with E-state index in [1.165, 1.54) is 6.20 Å². The van der Waals surface area contributed by atoms with E-state index in [2.05, 4.69) is 25.7 Å². The largest absolute Gasteiger partial charge is 0.350 e. The van der Waals surface area contributed by atoms with Gasteiger partial charge in [0.15, 0.2) is 5.82 Å². The number of aromatic amines is 1. The van der Waals surface area contributed by atoms with Gasteiger partial charge in [0.2, 0.25) is 0 Å². The van der Waals surface area contributed by atoms with E-state index in [1.54, 1.807) is 17.1 Å². The molecule has 1 aliphatic rings. The first-order valence-corrected chi connectivity index (χ1v) is 8.03. The van der Waals surface area contributed by atoms with Crippen molar-refractivity contribution in [3.05, 3.63) is 41.2 Å². The first-order valence-electron chi connectivity index (χ1n) is 8.03. The Balaban J connectivity index is 1.47. The number of rotatable bonds is 5. The highest BCUT2D eigenvalue weighted by Crippen LogP contribution is 2.14. The second-order valence-electron chi connectivity index (χ2n) is 5.70. The van der Waals surface area contributed by atoms with Gasteiger partial charge in [-0.2, -0.15) is 5.10 Å². The van der Waals surface area contributed by atoms with Crippen LogP contribution in [0.2, 0.25) is 0 Å². The summed E-state index contributed by atoms with van der Waals surface area (Å²) >= 11 is 0. The smallest absolute Gasteiger partial charge is 0.315 e. The summed E-state index contributed by atoms with van der Waals surface area (Å²) < 4.78 is 1.76. The molecule has 1 aliphatic heterocycles. The zero-order chi connectivity index (χ0) is 16.8. The van der Waals surface area contributed by atoms with Crippen molar-refractivity contribution in [2.75, 3.05) is 24.5 Å². The highest BCUT2D eigenvalue weighted by atomic mass is 16.2. The van der Waals surface area contributed by atoms with Crippen molar-refractivity contribution in [2.45, 2.75) is 25.4 Å². The molecular weight excluding hydrogens is 310 g/mol. The maximum absolute atomic E-state index is 12.0. The van der Waals surface area contributed by atoms with Crippen LogP contribution in [0.5, 0.6) is 0 Å². The molecule has 2 aromatic heterocycles. The lowest BCUT2D eigenvalue weighted by Gasteiger charge is -2.33. The zero-order valence-corrected chi connectivity index (χ0v) is 13.3. The van der Waals surface area contributed by atoms with Gasteiger partial charge in [-0.05, 0) is 18.9 Å². The molecule has 3 heterocycles. The summed E-state index contributed by atoms with van der Waals surface area (Å²) in [6, 6.07) is 1.63. The van der Waals surface area contributed by atoms with Gasteiger partial charge in [-0.1, -0.05) is 0 Å². The predicted molar refractivity (Wildman–Crippen MR) is 88.9 cm³/mol. The molecule has 128 valence electrons. The van der Waals surface area contributed by atoms with Gasteiger partial charge in [-0.3, -0.25) is 9.48 Å². The Hall–Kier alpha value is -2.84. The van der Waals surface area contributed by atoms with Crippen LogP contribution in [-0.4, -0.2) is 51.5 Å². The number of anilines is 1. The van der Waals surface area contributed by atoms with Crippen molar-refractivity contribution in [2.24, 2.45) is 0 Å². The lowest BCUT2D eigenvalue weighted by Crippen LogP contribution is -2.51. The molecule has 9 nitrogen and oxygen atoms in total.